The third-order valence-corrected chi connectivity index (χ3v) is 4.26. The average molecular weight is 368 g/mol. The molecule has 1 saturated carbocycles. The fourth-order valence-electron chi connectivity index (χ4n) is 2.78. The minimum Gasteiger partial charge on any atom is -0.361 e. The van der Waals surface area contributed by atoms with Crippen molar-refractivity contribution in [2.45, 2.75) is 31.7 Å². The molecule has 0 saturated heterocycles. The zero-order valence-electron chi connectivity index (χ0n) is 12.6. The van der Waals surface area contributed by atoms with Crippen LogP contribution in [0.4, 0.5) is 23.0 Å². The maximum atomic E-state index is 11.5. The van der Waals surface area contributed by atoms with E-state index in [4.69, 9.17) is 23.2 Å². The van der Waals surface area contributed by atoms with Crippen molar-refractivity contribution < 1.29 is 4.92 Å². The summed E-state index contributed by atoms with van der Waals surface area (Å²) >= 11 is 11.9. The highest BCUT2D eigenvalue weighted by molar-refractivity contribution is 6.35. The van der Waals surface area contributed by atoms with Gasteiger partial charge in [-0.2, -0.15) is 0 Å². The Bertz CT molecular complexity index is 745. The topological polar surface area (TPSA) is 93.0 Å². The van der Waals surface area contributed by atoms with Crippen molar-refractivity contribution in [3.05, 3.63) is 44.7 Å². The molecule has 2 aromatic rings. The Morgan fingerprint density at radius 3 is 2.33 bits per heavy atom. The summed E-state index contributed by atoms with van der Waals surface area (Å²) in [6.07, 6.45) is 5.48. The number of hydrogen-bond acceptors (Lipinski definition) is 6. The van der Waals surface area contributed by atoms with E-state index < -0.39 is 4.92 Å². The number of benzene rings is 1. The van der Waals surface area contributed by atoms with E-state index in [9.17, 15) is 10.1 Å². The predicted molar refractivity (Wildman–Crippen MR) is 94.3 cm³/mol. The predicted octanol–water partition coefficient (Wildman–Crippen LogP) is 4.79. The Balaban J connectivity index is 1.93. The van der Waals surface area contributed by atoms with Crippen LogP contribution in [-0.4, -0.2) is 20.9 Å². The van der Waals surface area contributed by atoms with Gasteiger partial charge in [0.1, 0.15) is 6.33 Å². The second-order valence-corrected chi connectivity index (χ2v) is 6.46. The zero-order chi connectivity index (χ0) is 17.1. The van der Waals surface area contributed by atoms with Gasteiger partial charge in [-0.25, -0.2) is 9.97 Å². The fourth-order valence-corrected chi connectivity index (χ4v) is 3.30. The van der Waals surface area contributed by atoms with E-state index in [-0.39, 0.29) is 23.4 Å². The van der Waals surface area contributed by atoms with Crippen LogP contribution in [0.5, 0.6) is 0 Å². The lowest BCUT2D eigenvalue weighted by molar-refractivity contribution is -0.383. The molecule has 0 radical (unpaired) electrons. The third-order valence-electron chi connectivity index (χ3n) is 3.83. The summed E-state index contributed by atoms with van der Waals surface area (Å²) in [4.78, 5) is 19.1. The van der Waals surface area contributed by atoms with Gasteiger partial charge in [-0.05, 0) is 31.0 Å². The number of rotatable bonds is 5. The zero-order valence-corrected chi connectivity index (χ0v) is 14.1. The molecule has 24 heavy (non-hydrogen) atoms. The van der Waals surface area contributed by atoms with Gasteiger partial charge in [-0.3, -0.25) is 10.1 Å². The lowest BCUT2D eigenvalue weighted by Crippen LogP contribution is -2.17. The fraction of sp³-hybridized carbons (Fsp3) is 0.333. The number of hydrogen-bond donors (Lipinski definition) is 2. The number of nitrogens with one attached hydrogen (secondary N) is 2. The highest BCUT2D eigenvalue weighted by atomic mass is 35.5. The minimum atomic E-state index is -0.494. The van der Waals surface area contributed by atoms with E-state index in [1.165, 1.54) is 6.33 Å². The van der Waals surface area contributed by atoms with Crippen LogP contribution in [0.3, 0.4) is 0 Å². The highest BCUT2D eigenvalue weighted by Crippen LogP contribution is 2.34. The Kier molecular flexibility index (Phi) is 5.01. The van der Waals surface area contributed by atoms with Crippen molar-refractivity contribution in [1.29, 1.82) is 0 Å². The van der Waals surface area contributed by atoms with Crippen LogP contribution < -0.4 is 10.6 Å². The molecule has 126 valence electrons. The van der Waals surface area contributed by atoms with Crippen LogP contribution in [0.25, 0.3) is 0 Å². The Morgan fingerprint density at radius 2 is 1.71 bits per heavy atom. The van der Waals surface area contributed by atoms with E-state index in [0.29, 0.717) is 15.7 Å². The molecule has 1 aliphatic carbocycles. The van der Waals surface area contributed by atoms with Crippen molar-refractivity contribution in [2.24, 2.45) is 0 Å². The van der Waals surface area contributed by atoms with Crippen molar-refractivity contribution in [2.75, 3.05) is 10.6 Å². The number of aromatic nitrogens is 2. The summed E-state index contributed by atoms with van der Waals surface area (Å²) in [6.45, 7) is 0. The van der Waals surface area contributed by atoms with Gasteiger partial charge in [0.2, 0.25) is 11.6 Å². The molecule has 0 bridgehead atoms. The molecular weight excluding hydrogens is 353 g/mol. The van der Waals surface area contributed by atoms with Gasteiger partial charge in [-0.1, -0.05) is 36.0 Å². The highest BCUT2D eigenvalue weighted by Gasteiger charge is 2.26. The molecule has 0 unspecified atom stereocenters. The number of nitrogens with zero attached hydrogens (tertiary/aromatic N) is 3. The molecule has 1 aromatic heterocycles. The van der Waals surface area contributed by atoms with Gasteiger partial charge < -0.3 is 10.6 Å². The minimum absolute atomic E-state index is 0.0915. The first-order valence-corrected chi connectivity index (χ1v) is 8.27. The maximum Gasteiger partial charge on any atom is 0.353 e. The standard InChI is InChI=1S/C15H15Cl2N5O2/c16-9-5-10(17)7-12(6-9)21-15-13(22(23)24)14(18-8-19-15)20-11-3-1-2-4-11/h5-8,11H,1-4H2,(H2,18,19,20,21). The Labute approximate surface area is 148 Å². The molecule has 1 aliphatic rings. The van der Waals surface area contributed by atoms with Gasteiger partial charge >= 0.3 is 5.69 Å². The summed E-state index contributed by atoms with van der Waals surface area (Å²) in [5.41, 5.74) is 0.321. The maximum absolute atomic E-state index is 11.5. The molecule has 3 rings (SSSR count). The summed E-state index contributed by atoms with van der Waals surface area (Å²) in [6, 6.07) is 5.01. The summed E-state index contributed by atoms with van der Waals surface area (Å²) < 4.78 is 0. The second kappa shape index (κ2) is 7.19. The van der Waals surface area contributed by atoms with Gasteiger partial charge in [0.15, 0.2) is 0 Å². The quantitative estimate of drug-likeness (QED) is 0.582. The number of halogens is 2. The molecule has 1 heterocycles. The van der Waals surface area contributed by atoms with E-state index in [1.54, 1.807) is 18.2 Å². The molecule has 2 N–H and O–H groups in total. The van der Waals surface area contributed by atoms with Gasteiger partial charge in [0.05, 0.1) is 4.92 Å². The molecule has 9 heteroatoms. The van der Waals surface area contributed by atoms with E-state index in [0.717, 1.165) is 25.7 Å². The van der Waals surface area contributed by atoms with Crippen LogP contribution in [0, 0.1) is 10.1 Å². The van der Waals surface area contributed by atoms with Crippen molar-refractivity contribution in [3.63, 3.8) is 0 Å². The van der Waals surface area contributed by atoms with Crippen molar-refractivity contribution in [1.82, 2.24) is 9.97 Å². The summed E-state index contributed by atoms with van der Waals surface area (Å²) in [5.74, 6) is 0.311. The number of nitro groups is 1. The van der Waals surface area contributed by atoms with E-state index in [1.807, 2.05) is 0 Å². The average Bonchev–Trinajstić information content (AvgIpc) is 2.99. The van der Waals surface area contributed by atoms with E-state index in [2.05, 4.69) is 20.6 Å². The molecule has 1 fully saturated rings. The molecule has 7 nitrogen and oxygen atoms in total. The molecule has 1 aromatic carbocycles. The van der Waals surface area contributed by atoms with Crippen LogP contribution in [-0.2, 0) is 0 Å². The Morgan fingerprint density at radius 1 is 1.08 bits per heavy atom. The molecule has 0 aliphatic heterocycles. The second-order valence-electron chi connectivity index (χ2n) is 5.59. The van der Waals surface area contributed by atoms with Crippen molar-refractivity contribution >= 4 is 46.2 Å². The van der Waals surface area contributed by atoms with Crippen LogP contribution >= 0.6 is 23.2 Å². The summed E-state index contributed by atoms with van der Waals surface area (Å²) in [7, 11) is 0. The van der Waals surface area contributed by atoms with E-state index >= 15 is 0 Å². The third kappa shape index (κ3) is 3.85. The lowest BCUT2D eigenvalue weighted by atomic mass is 10.2. The molecule has 0 spiro atoms. The van der Waals surface area contributed by atoms with Crippen LogP contribution in [0.1, 0.15) is 25.7 Å². The van der Waals surface area contributed by atoms with Gasteiger partial charge in [-0.15, -0.1) is 0 Å². The smallest absolute Gasteiger partial charge is 0.353 e. The first-order valence-electron chi connectivity index (χ1n) is 7.52. The lowest BCUT2D eigenvalue weighted by Gasteiger charge is -2.14. The molecular formula is C15H15Cl2N5O2. The SMILES string of the molecule is O=[N+]([O-])c1c(Nc2cc(Cl)cc(Cl)c2)ncnc1NC1CCCC1. The van der Waals surface area contributed by atoms with Crippen LogP contribution in [0.15, 0.2) is 24.5 Å². The van der Waals surface area contributed by atoms with Gasteiger partial charge in [0, 0.05) is 21.8 Å². The first kappa shape index (κ1) is 16.7. The summed E-state index contributed by atoms with van der Waals surface area (Å²) in [5, 5.41) is 18.4. The number of anilines is 3. The molecule has 0 atom stereocenters. The Hall–Kier alpha value is -2.12. The monoisotopic (exact) mass is 367 g/mol. The first-order chi connectivity index (χ1) is 11.5. The van der Waals surface area contributed by atoms with Gasteiger partial charge in [0.25, 0.3) is 0 Å². The normalized spacial score (nSPS) is 14.6. The molecule has 0 amide bonds. The largest absolute Gasteiger partial charge is 0.361 e. The van der Waals surface area contributed by atoms with Crippen LogP contribution in [0.2, 0.25) is 10.0 Å². The van der Waals surface area contributed by atoms with Crippen molar-refractivity contribution in [3.8, 4) is 0 Å².